The normalized spacial score (nSPS) is 28.8. The molecule has 3 fully saturated rings. The van der Waals surface area contributed by atoms with Gasteiger partial charge in [0.05, 0.1) is 12.2 Å². The van der Waals surface area contributed by atoms with Crippen molar-refractivity contribution in [2.75, 3.05) is 13.1 Å². The summed E-state index contributed by atoms with van der Waals surface area (Å²) in [6.45, 7) is 8.01. The Hall–Kier alpha value is -4.82. The third kappa shape index (κ3) is 12.6. The molecule has 0 aromatic heterocycles. The first-order valence-electron chi connectivity index (χ1n) is 20.0. The van der Waals surface area contributed by atoms with E-state index in [0.717, 1.165) is 11.1 Å². The van der Waals surface area contributed by atoms with Gasteiger partial charge in [0, 0.05) is 25.9 Å². The lowest BCUT2D eigenvalue weighted by molar-refractivity contribution is -0.138. The van der Waals surface area contributed by atoms with Crippen LogP contribution in [0.2, 0.25) is 0 Å². The first kappa shape index (κ1) is 42.3. The summed E-state index contributed by atoms with van der Waals surface area (Å²) in [4.78, 5) is 82.2. The largest absolute Gasteiger partial charge is 0.363 e. The number of amides is 6. The maximum atomic E-state index is 13.9. The van der Waals surface area contributed by atoms with Gasteiger partial charge in [-0.15, -0.1) is 0 Å². The molecule has 6 amide bonds. The lowest BCUT2D eigenvalue weighted by Crippen LogP contribution is -2.57. The van der Waals surface area contributed by atoms with Crippen molar-refractivity contribution in [3.63, 3.8) is 0 Å². The molecule has 0 aliphatic carbocycles. The fourth-order valence-electron chi connectivity index (χ4n) is 7.37. The highest BCUT2D eigenvalue weighted by molar-refractivity contribution is 5.94. The summed E-state index contributed by atoms with van der Waals surface area (Å²) >= 11 is 0. The maximum absolute atomic E-state index is 13.9. The lowest BCUT2D eigenvalue weighted by atomic mass is 10.0. The zero-order valence-electron chi connectivity index (χ0n) is 32.9. The van der Waals surface area contributed by atoms with Gasteiger partial charge in [0.2, 0.25) is 35.4 Å². The highest BCUT2D eigenvalue weighted by Gasteiger charge is 2.37. The summed E-state index contributed by atoms with van der Waals surface area (Å²) in [7, 11) is 0. The molecule has 0 spiro atoms. The van der Waals surface area contributed by atoms with E-state index >= 15 is 0 Å². The minimum atomic E-state index is -0.996. The molecule has 0 radical (unpaired) electrons. The molecule has 3 aliphatic rings. The molecule has 4 bridgehead atoms. The third-order valence-corrected chi connectivity index (χ3v) is 10.3. The first-order valence-corrected chi connectivity index (χ1v) is 20.0. The van der Waals surface area contributed by atoms with Crippen molar-refractivity contribution in [1.29, 1.82) is 0 Å². The van der Waals surface area contributed by atoms with Gasteiger partial charge >= 0.3 is 0 Å². The number of fused-ring (bicyclic) bond motifs is 4. The Morgan fingerprint density at radius 3 is 1.20 bits per heavy atom. The Morgan fingerprint density at radius 2 is 0.839 bits per heavy atom. The summed E-state index contributed by atoms with van der Waals surface area (Å²) in [5.74, 6) is -2.61. The number of carbonyl (C=O) groups excluding carboxylic acids is 6. The lowest BCUT2D eigenvalue weighted by Gasteiger charge is -2.26. The minimum absolute atomic E-state index is 0.0573. The molecule has 2 aromatic rings. The number of ether oxygens (including phenoxy) is 2. The Morgan fingerprint density at radius 1 is 0.482 bits per heavy atom. The van der Waals surface area contributed by atoms with Crippen LogP contribution in [0.25, 0.3) is 0 Å². The number of nitrogens with one attached hydrogen (secondary N) is 6. The molecule has 8 atom stereocenters. The average molecular weight is 775 g/mol. The molecule has 3 heterocycles. The van der Waals surface area contributed by atoms with E-state index in [9.17, 15) is 28.8 Å². The summed E-state index contributed by atoms with van der Waals surface area (Å²) in [6, 6.07) is 14.8. The van der Waals surface area contributed by atoms with Crippen LogP contribution in [-0.2, 0) is 51.1 Å². The Labute approximate surface area is 329 Å². The van der Waals surface area contributed by atoms with Gasteiger partial charge < -0.3 is 41.4 Å². The predicted molar refractivity (Wildman–Crippen MR) is 209 cm³/mol. The SMILES string of the molecule is CC(C)C[C@@H]1NC(=O)[C@H](Cc2ccccc2)NC(=O)[C@@H]2CC[C@@H](CNC(=O)[C@H](CC(C)C)NC(=O)[C@H](Cc3ccccc3)NC(=O)[C@@H]3CC[C@@H](CNC1=O)O3)O2. The van der Waals surface area contributed by atoms with E-state index in [1.165, 1.54) is 0 Å². The Balaban J connectivity index is 1.38. The van der Waals surface area contributed by atoms with Crippen molar-refractivity contribution in [3.05, 3.63) is 71.8 Å². The van der Waals surface area contributed by atoms with E-state index in [2.05, 4.69) is 31.9 Å². The summed E-state index contributed by atoms with van der Waals surface area (Å²) in [5, 5.41) is 17.3. The average Bonchev–Trinajstić information content (AvgIpc) is 3.86. The summed E-state index contributed by atoms with van der Waals surface area (Å²) < 4.78 is 12.1. The standard InChI is InChI=1S/C42H58N6O8/c1-25(2)19-31-37(49)43-23-29-15-17-36(55-29)42(54)48-34(22-28-13-9-6-10-14-28)40(52)46-32(20-26(3)4)38(50)44-24-30-16-18-35(56-30)41(53)47-33(39(51)45-31)21-27-11-7-5-8-12-27/h5-14,25-26,29-36H,15-24H2,1-4H3,(H,43,49)(H,44,50)(H,45,51)(H,46,52)(H,47,53)(H,48,54)/t29-,30-,31-,32-,33-,34-,35-,36-/m0/s1. The molecule has 5 rings (SSSR count). The van der Waals surface area contributed by atoms with Gasteiger partial charge in [-0.1, -0.05) is 88.4 Å². The topological polar surface area (TPSA) is 193 Å². The van der Waals surface area contributed by atoms with E-state index in [1.807, 2.05) is 88.4 Å². The highest BCUT2D eigenvalue weighted by Crippen LogP contribution is 2.22. The zero-order chi connectivity index (χ0) is 40.2. The molecule has 2 aromatic carbocycles. The maximum Gasteiger partial charge on any atom is 0.249 e. The van der Waals surface area contributed by atoms with Crippen LogP contribution in [0.4, 0.5) is 0 Å². The fourth-order valence-corrected chi connectivity index (χ4v) is 7.37. The van der Waals surface area contributed by atoms with Crippen molar-refractivity contribution in [3.8, 4) is 0 Å². The fraction of sp³-hybridized carbons (Fsp3) is 0.571. The monoisotopic (exact) mass is 774 g/mol. The van der Waals surface area contributed by atoms with Crippen LogP contribution in [-0.4, -0.2) is 97.1 Å². The third-order valence-electron chi connectivity index (χ3n) is 10.3. The second-order valence-corrected chi connectivity index (χ2v) is 16.0. The highest BCUT2D eigenvalue weighted by atomic mass is 16.5. The smallest absolute Gasteiger partial charge is 0.249 e. The first-order chi connectivity index (χ1) is 26.8. The van der Waals surface area contributed by atoms with Crippen LogP contribution in [0.1, 0.15) is 77.3 Å². The van der Waals surface area contributed by atoms with E-state index in [1.54, 1.807) is 0 Å². The quantitative estimate of drug-likeness (QED) is 0.234. The van der Waals surface area contributed by atoms with E-state index in [0.29, 0.717) is 38.5 Å². The summed E-state index contributed by atoms with van der Waals surface area (Å²) in [5.41, 5.74) is 1.65. The number of hydrogen-bond acceptors (Lipinski definition) is 8. The van der Waals surface area contributed by atoms with E-state index < -0.39 is 84.0 Å². The van der Waals surface area contributed by atoms with Gasteiger partial charge in [0.25, 0.3) is 0 Å². The molecule has 304 valence electrons. The molecule has 14 heteroatoms. The van der Waals surface area contributed by atoms with Crippen LogP contribution in [0.5, 0.6) is 0 Å². The van der Waals surface area contributed by atoms with E-state index in [4.69, 9.17) is 9.47 Å². The molecular formula is C42H58N6O8. The van der Waals surface area contributed by atoms with Crippen LogP contribution >= 0.6 is 0 Å². The second-order valence-electron chi connectivity index (χ2n) is 16.0. The molecule has 56 heavy (non-hydrogen) atoms. The summed E-state index contributed by atoms with van der Waals surface area (Å²) in [6.07, 6.45) is 0.146. The number of hydrogen-bond donors (Lipinski definition) is 6. The van der Waals surface area contributed by atoms with Gasteiger partial charge in [-0.2, -0.15) is 0 Å². The Bertz CT molecular complexity index is 1540. The van der Waals surface area contributed by atoms with Crippen molar-refractivity contribution in [2.45, 2.75) is 128 Å². The Kier molecular flexibility index (Phi) is 15.4. The molecule has 3 saturated heterocycles. The van der Waals surface area contributed by atoms with E-state index in [-0.39, 0.29) is 37.8 Å². The van der Waals surface area contributed by atoms with Gasteiger partial charge in [-0.25, -0.2) is 0 Å². The van der Waals surface area contributed by atoms with Gasteiger partial charge in [-0.3, -0.25) is 28.8 Å². The zero-order valence-corrected chi connectivity index (χ0v) is 32.9. The van der Waals surface area contributed by atoms with Crippen molar-refractivity contribution in [1.82, 2.24) is 31.9 Å². The van der Waals surface area contributed by atoms with Gasteiger partial charge in [0.1, 0.15) is 36.4 Å². The van der Waals surface area contributed by atoms with Gasteiger partial charge in [-0.05, 0) is 61.5 Å². The van der Waals surface area contributed by atoms with Crippen molar-refractivity contribution in [2.24, 2.45) is 11.8 Å². The van der Waals surface area contributed by atoms with Crippen LogP contribution in [0.3, 0.4) is 0 Å². The molecule has 6 N–H and O–H groups in total. The molecule has 0 unspecified atom stereocenters. The molecule has 3 aliphatic heterocycles. The number of carbonyl (C=O) groups is 6. The number of benzene rings is 2. The molecular weight excluding hydrogens is 716 g/mol. The van der Waals surface area contributed by atoms with Crippen molar-refractivity contribution < 1.29 is 38.2 Å². The van der Waals surface area contributed by atoms with Gasteiger partial charge in [0.15, 0.2) is 0 Å². The minimum Gasteiger partial charge on any atom is -0.363 e. The van der Waals surface area contributed by atoms with Crippen LogP contribution in [0, 0.1) is 11.8 Å². The van der Waals surface area contributed by atoms with Crippen LogP contribution < -0.4 is 31.9 Å². The predicted octanol–water partition coefficient (Wildman–Crippen LogP) is 1.84. The number of rotatable bonds is 8. The second kappa shape index (κ2) is 20.4. The molecule has 14 nitrogen and oxygen atoms in total. The molecule has 0 saturated carbocycles. The van der Waals surface area contributed by atoms with Crippen LogP contribution in [0.15, 0.2) is 60.7 Å². The van der Waals surface area contributed by atoms with Crippen molar-refractivity contribution >= 4 is 35.4 Å².